The topological polar surface area (TPSA) is 159 Å². The maximum Gasteiger partial charge on any atom is 0.408 e. The molecule has 0 aliphatic rings. The molecule has 204 valence electrons. The lowest BCUT2D eigenvalue weighted by Crippen LogP contribution is -2.28. The minimum atomic E-state index is -1.04. The Kier molecular flexibility index (Phi) is 8.27. The SMILES string of the molecule is O=C(Nc1ccc(CN(Cc2ncc[nH]2)C(=O)O)cc1)c1ccc(CN(Cc2ncc[nH]2)Cc2ncc[nH]2)cc1. The molecule has 40 heavy (non-hydrogen) atoms. The molecule has 3 heterocycles. The van der Waals surface area contributed by atoms with Crippen molar-refractivity contribution in [1.29, 1.82) is 0 Å². The monoisotopic (exact) mass is 539 g/mol. The highest BCUT2D eigenvalue weighted by molar-refractivity contribution is 6.04. The van der Waals surface area contributed by atoms with E-state index >= 15 is 0 Å². The Balaban J connectivity index is 1.17. The van der Waals surface area contributed by atoms with Crippen molar-refractivity contribution in [3.8, 4) is 0 Å². The molecule has 12 nitrogen and oxygen atoms in total. The standard InChI is InChI=1S/C28H29N9O3/c38-27(35-23-7-3-21(4-8-23)16-37(28(39)40)19-26-33-13-14-34-26)22-5-1-20(2-6-22)15-36(17-24-29-9-10-30-24)18-25-31-11-12-32-25/h1-14H,15-19H2,(H,29,30)(H,31,32)(H,33,34)(H,35,38)(H,39,40). The molecule has 0 radical (unpaired) electrons. The molecule has 2 aromatic carbocycles. The molecule has 5 rings (SSSR count). The van der Waals surface area contributed by atoms with E-state index in [0.717, 1.165) is 22.8 Å². The summed E-state index contributed by atoms with van der Waals surface area (Å²) in [5, 5.41) is 12.4. The summed E-state index contributed by atoms with van der Waals surface area (Å²) in [7, 11) is 0. The molecule has 0 unspecified atom stereocenters. The predicted octanol–water partition coefficient (Wildman–Crippen LogP) is 3.99. The van der Waals surface area contributed by atoms with Gasteiger partial charge in [0.1, 0.15) is 17.5 Å². The third-order valence-electron chi connectivity index (χ3n) is 6.23. The largest absolute Gasteiger partial charge is 0.465 e. The fourth-order valence-electron chi connectivity index (χ4n) is 4.25. The van der Waals surface area contributed by atoms with Gasteiger partial charge in [0.05, 0.1) is 19.6 Å². The van der Waals surface area contributed by atoms with Gasteiger partial charge in [0.25, 0.3) is 5.91 Å². The zero-order valence-electron chi connectivity index (χ0n) is 21.6. The van der Waals surface area contributed by atoms with Gasteiger partial charge in [0.2, 0.25) is 0 Å². The number of benzene rings is 2. The number of aromatic nitrogens is 6. The quantitative estimate of drug-likeness (QED) is 0.160. The molecule has 5 N–H and O–H groups in total. The highest BCUT2D eigenvalue weighted by Crippen LogP contribution is 2.16. The van der Waals surface area contributed by atoms with Crippen molar-refractivity contribution in [2.75, 3.05) is 5.32 Å². The van der Waals surface area contributed by atoms with Crippen molar-refractivity contribution in [3.63, 3.8) is 0 Å². The Morgan fingerprint density at radius 1 is 0.675 bits per heavy atom. The molecule has 0 fully saturated rings. The molecule has 0 spiro atoms. The van der Waals surface area contributed by atoms with Crippen LogP contribution in [0, 0.1) is 0 Å². The number of H-pyrrole nitrogens is 3. The first-order valence-corrected chi connectivity index (χ1v) is 12.7. The Morgan fingerprint density at radius 2 is 1.18 bits per heavy atom. The first kappa shape index (κ1) is 26.4. The van der Waals surface area contributed by atoms with Crippen LogP contribution in [0.4, 0.5) is 10.5 Å². The number of carboxylic acid groups (broad SMARTS) is 1. The summed E-state index contributed by atoms with van der Waals surface area (Å²) in [5.74, 6) is 2.07. The van der Waals surface area contributed by atoms with E-state index in [1.165, 1.54) is 4.90 Å². The molecule has 5 aromatic rings. The molecule has 3 aromatic heterocycles. The van der Waals surface area contributed by atoms with Gasteiger partial charge in [-0.15, -0.1) is 0 Å². The summed E-state index contributed by atoms with van der Waals surface area (Å²) < 4.78 is 0. The average molecular weight is 540 g/mol. The van der Waals surface area contributed by atoms with Crippen LogP contribution < -0.4 is 5.32 Å². The molecule has 0 aliphatic heterocycles. The minimum Gasteiger partial charge on any atom is -0.465 e. The smallest absolute Gasteiger partial charge is 0.408 e. The molecule has 2 amide bonds. The first-order chi connectivity index (χ1) is 19.5. The Labute approximate surface area is 230 Å². The number of hydrogen-bond acceptors (Lipinski definition) is 6. The number of imidazole rings is 3. The van der Waals surface area contributed by atoms with Crippen LogP contribution in [0.2, 0.25) is 0 Å². The molecule has 0 aliphatic carbocycles. The normalized spacial score (nSPS) is 11.0. The highest BCUT2D eigenvalue weighted by atomic mass is 16.4. The van der Waals surface area contributed by atoms with Gasteiger partial charge >= 0.3 is 6.09 Å². The second-order valence-corrected chi connectivity index (χ2v) is 9.24. The lowest BCUT2D eigenvalue weighted by molar-refractivity contribution is 0.102. The molecule has 0 saturated heterocycles. The van der Waals surface area contributed by atoms with E-state index in [1.54, 1.807) is 73.6 Å². The van der Waals surface area contributed by atoms with Crippen LogP contribution in [0.25, 0.3) is 0 Å². The molecular weight excluding hydrogens is 510 g/mol. The molecule has 0 bridgehead atoms. The predicted molar refractivity (Wildman–Crippen MR) is 147 cm³/mol. The Hall–Kier alpha value is -5.23. The van der Waals surface area contributed by atoms with E-state index in [4.69, 9.17) is 0 Å². The summed E-state index contributed by atoms with van der Waals surface area (Å²) in [6.07, 6.45) is 9.26. The van der Waals surface area contributed by atoms with E-state index in [1.807, 2.05) is 12.1 Å². The van der Waals surface area contributed by atoms with Gasteiger partial charge in [-0.3, -0.25) is 14.6 Å². The number of nitrogens with zero attached hydrogens (tertiary/aromatic N) is 5. The van der Waals surface area contributed by atoms with E-state index in [0.29, 0.717) is 36.7 Å². The highest BCUT2D eigenvalue weighted by Gasteiger charge is 2.15. The fraction of sp³-hybridized carbons (Fsp3) is 0.179. The van der Waals surface area contributed by atoms with E-state index < -0.39 is 6.09 Å². The third-order valence-corrected chi connectivity index (χ3v) is 6.23. The van der Waals surface area contributed by atoms with Crippen LogP contribution in [0.15, 0.2) is 85.7 Å². The van der Waals surface area contributed by atoms with Gasteiger partial charge in [-0.1, -0.05) is 24.3 Å². The van der Waals surface area contributed by atoms with E-state index in [2.05, 4.69) is 40.1 Å². The number of nitrogens with one attached hydrogen (secondary N) is 4. The van der Waals surface area contributed by atoms with Crippen molar-refractivity contribution < 1.29 is 14.7 Å². The van der Waals surface area contributed by atoms with Crippen molar-refractivity contribution >= 4 is 17.7 Å². The second kappa shape index (κ2) is 12.5. The number of carbonyl (C=O) groups is 2. The zero-order chi connectivity index (χ0) is 27.7. The first-order valence-electron chi connectivity index (χ1n) is 12.7. The number of anilines is 1. The average Bonchev–Trinajstić information content (AvgIpc) is 3.75. The molecule has 0 saturated carbocycles. The molecular formula is C28H29N9O3. The fourth-order valence-corrected chi connectivity index (χ4v) is 4.25. The van der Waals surface area contributed by atoms with Crippen LogP contribution in [0.5, 0.6) is 0 Å². The lowest BCUT2D eigenvalue weighted by atomic mass is 10.1. The van der Waals surface area contributed by atoms with Gasteiger partial charge in [0.15, 0.2) is 0 Å². The maximum atomic E-state index is 12.9. The van der Waals surface area contributed by atoms with Crippen LogP contribution in [0.3, 0.4) is 0 Å². The van der Waals surface area contributed by atoms with Crippen molar-refractivity contribution in [1.82, 2.24) is 39.7 Å². The van der Waals surface area contributed by atoms with Crippen LogP contribution in [-0.4, -0.2) is 56.8 Å². The van der Waals surface area contributed by atoms with Gasteiger partial charge < -0.3 is 25.4 Å². The van der Waals surface area contributed by atoms with Gasteiger partial charge in [0, 0.05) is 61.5 Å². The van der Waals surface area contributed by atoms with Crippen LogP contribution in [-0.2, 0) is 32.7 Å². The van der Waals surface area contributed by atoms with Gasteiger partial charge in [-0.25, -0.2) is 19.7 Å². The van der Waals surface area contributed by atoms with Crippen LogP contribution in [0.1, 0.15) is 39.0 Å². The van der Waals surface area contributed by atoms with Crippen molar-refractivity contribution in [2.24, 2.45) is 0 Å². The third kappa shape index (κ3) is 7.20. The number of amides is 2. The van der Waals surface area contributed by atoms with E-state index in [9.17, 15) is 14.7 Å². The van der Waals surface area contributed by atoms with Crippen LogP contribution >= 0.6 is 0 Å². The zero-order valence-corrected chi connectivity index (χ0v) is 21.6. The maximum absolute atomic E-state index is 12.9. The number of carbonyl (C=O) groups excluding carboxylic acids is 1. The lowest BCUT2D eigenvalue weighted by Gasteiger charge is -2.20. The van der Waals surface area contributed by atoms with Gasteiger partial charge in [-0.2, -0.15) is 0 Å². The Morgan fingerprint density at radius 3 is 1.68 bits per heavy atom. The summed E-state index contributed by atoms with van der Waals surface area (Å²) in [4.78, 5) is 49.9. The summed E-state index contributed by atoms with van der Waals surface area (Å²) >= 11 is 0. The minimum absolute atomic E-state index is 0.153. The summed E-state index contributed by atoms with van der Waals surface area (Å²) in [6.45, 7) is 2.25. The summed E-state index contributed by atoms with van der Waals surface area (Å²) in [5.41, 5.74) is 3.00. The number of hydrogen-bond donors (Lipinski definition) is 5. The summed E-state index contributed by atoms with van der Waals surface area (Å²) in [6, 6.07) is 14.6. The van der Waals surface area contributed by atoms with E-state index in [-0.39, 0.29) is 19.0 Å². The Bertz CT molecular complexity index is 1450. The van der Waals surface area contributed by atoms with Gasteiger partial charge in [-0.05, 0) is 35.4 Å². The van der Waals surface area contributed by atoms with Crippen molar-refractivity contribution in [3.05, 3.63) is 120 Å². The van der Waals surface area contributed by atoms with Crippen molar-refractivity contribution in [2.45, 2.75) is 32.7 Å². The second-order valence-electron chi connectivity index (χ2n) is 9.24. The molecule has 12 heteroatoms. The number of aromatic amines is 3. The number of rotatable bonds is 12. The molecule has 0 atom stereocenters.